The maximum atomic E-state index is 9.33. The number of aliphatic hydroxyl groups is 1. The molecule has 0 bridgehead atoms. The van der Waals surface area contributed by atoms with Gasteiger partial charge in [0.15, 0.2) is 0 Å². The van der Waals surface area contributed by atoms with Gasteiger partial charge in [-0.1, -0.05) is 0 Å². The Morgan fingerprint density at radius 1 is 1.47 bits per heavy atom. The Hall–Kier alpha value is -1.33. The van der Waals surface area contributed by atoms with Gasteiger partial charge < -0.3 is 16.2 Å². The molecule has 0 aliphatic rings. The number of benzene rings is 1. The van der Waals surface area contributed by atoms with Crippen LogP contribution < -0.4 is 11.1 Å². The van der Waals surface area contributed by atoms with E-state index in [-0.39, 0.29) is 12.1 Å². The van der Waals surface area contributed by atoms with Crippen LogP contribution in [0.1, 0.15) is 20.3 Å². The maximum Gasteiger partial charge on any atom is 0.106 e. The Kier molecular flexibility index (Phi) is 3.49. The second-order valence-corrected chi connectivity index (χ2v) is 5.24. The Balaban J connectivity index is 2.21. The summed E-state index contributed by atoms with van der Waals surface area (Å²) in [6, 6.07) is 4.16. The fourth-order valence-electron chi connectivity index (χ4n) is 1.91. The third-order valence-corrected chi connectivity index (χ3v) is 3.43. The van der Waals surface area contributed by atoms with E-state index in [0.29, 0.717) is 12.1 Å². The molecule has 4 N–H and O–H groups in total. The van der Waals surface area contributed by atoms with Crippen LogP contribution in [-0.2, 0) is 0 Å². The highest BCUT2D eigenvalue weighted by Crippen LogP contribution is 2.30. The number of anilines is 2. The molecule has 1 aromatic heterocycles. The molecule has 0 aliphatic carbocycles. The zero-order valence-corrected chi connectivity index (χ0v) is 10.8. The quantitative estimate of drug-likeness (QED) is 0.730. The SMILES string of the molecule is CC(O)CC(C)Nc1ccc2scnc2c1N. The highest BCUT2D eigenvalue weighted by molar-refractivity contribution is 7.16. The molecule has 92 valence electrons. The number of rotatable bonds is 4. The number of thiazole rings is 1. The number of aliphatic hydroxyl groups excluding tert-OH is 1. The molecule has 0 radical (unpaired) electrons. The molecule has 1 aromatic carbocycles. The van der Waals surface area contributed by atoms with Crippen LogP contribution in [0.2, 0.25) is 0 Å². The Morgan fingerprint density at radius 2 is 2.24 bits per heavy atom. The highest BCUT2D eigenvalue weighted by Gasteiger charge is 2.10. The Labute approximate surface area is 104 Å². The summed E-state index contributed by atoms with van der Waals surface area (Å²) in [4.78, 5) is 4.25. The molecule has 0 aliphatic heterocycles. The van der Waals surface area contributed by atoms with Crippen LogP contribution in [0.4, 0.5) is 11.4 Å². The van der Waals surface area contributed by atoms with Crippen molar-refractivity contribution in [3.05, 3.63) is 17.6 Å². The molecule has 0 fully saturated rings. The van der Waals surface area contributed by atoms with Gasteiger partial charge in [0.2, 0.25) is 0 Å². The Bertz CT molecular complexity index is 509. The van der Waals surface area contributed by atoms with Crippen molar-refractivity contribution >= 4 is 32.9 Å². The van der Waals surface area contributed by atoms with Gasteiger partial charge in [0.1, 0.15) is 5.52 Å². The number of aromatic nitrogens is 1. The first-order valence-corrected chi connectivity index (χ1v) is 6.52. The van der Waals surface area contributed by atoms with E-state index in [1.165, 1.54) is 0 Å². The summed E-state index contributed by atoms with van der Waals surface area (Å²) < 4.78 is 1.09. The van der Waals surface area contributed by atoms with E-state index in [1.54, 1.807) is 23.8 Å². The van der Waals surface area contributed by atoms with Crippen molar-refractivity contribution in [3.63, 3.8) is 0 Å². The number of nitrogen functional groups attached to an aromatic ring is 1. The van der Waals surface area contributed by atoms with Gasteiger partial charge in [-0.05, 0) is 32.4 Å². The molecule has 2 aromatic rings. The fourth-order valence-corrected chi connectivity index (χ4v) is 2.61. The molecule has 0 saturated carbocycles. The van der Waals surface area contributed by atoms with Crippen LogP contribution in [0.5, 0.6) is 0 Å². The third kappa shape index (κ3) is 2.68. The van der Waals surface area contributed by atoms with E-state index in [2.05, 4.69) is 10.3 Å². The van der Waals surface area contributed by atoms with Crippen LogP contribution >= 0.6 is 11.3 Å². The van der Waals surface area contributed by atoms with Gasteiger partial charge in [0, 0.05) is 6.04 Å². The number of hydrogen-bond donors (Lipinski definition) is 3. The highest BCUT2D eigenvalue weighted by atomic mass is 32.1. The number of nitrogens with one attached hydrogen (secondary N) is 1. The first-order valence-electron chi connectivity index (χ1n) is 5.64. The molecule has 5 heteroatoms. The van der Waals surface area contributed by atoms with Gasteiger partial charge >= 0.3 is 0 Å². The lowest BCUT2D eigenvalue weighted by Crippen LogP contribution is -2.21. The van der Waals surface area contributed by atoms with Crippen molar-refractivity contribution in [2.45, 2.75) is 32.4 Å². The standard InChI is InChI=1S/C12H17N3OS/c1-7(5-8(2)16)15-9-3-4-10-12(11(9)13)14-6-17-10/h3-4,6-8,15-16H,5,13H2,1-2H3. The zero-order valence-electron chi connectivity index (χ0n) is 9.97. The molecular weight excluding hydrogens is 234 g/mol. The summed E-state index contributed by atoms with van der Waals surface area (Å²) in [6.45, 7) is 3.81. The van der Waals surface area contributed by atoms with Crippen molar-refractivity contribution in [2.75, 3.05) is 11.1 Å². The first kappa shape index (κ1) is 12.1. The third-order valence-electron chi connectivity index (χ3n) is 2.64. The van der Waals surface area contributed by atoms with E-state index in [4.69, 9.17) is 5.73 Å². The lowest BCUT2D eigenvalue weighted by Gasteiger charge is -2.18. The second-order valence-electron chi connectivity index (χ2n) is 4.36. The number of hydrogen-bond acceptors (Lipinski definition) is 5. The normalized spacial score (nSPS) is 14.8. The zero-order chi connectivity index (χ0) is 12.4. The molecule has 2 atom stereocenters. The monoisotopic (exact) mass is 251 g/mol. The van der Waals surface area contributed by atoms with Crippen molar-refractivity contribution in [2.24, 2.45) is 0 Å². The topological polar surface area (TPSA) is 71.2 Å². The molecule has 0 amide bonds. The van der Waals surface area contributed by atoms with Crippen molar-refractivity contribution in [1.82, 2.24) is 4.98 Å². The van der Waals surface area contributed by atoms with Crippen LogP contribution in [-0.4, -0.2) is 22.2 Å². The Morgan fingerprint density at radius 3 is 2.94 bits per heavy atom. The van der Waals surface area contributed by atoms with Crippen LogP contribution in [0.15, 0.2) is 17.6 Å². The van der Waals surface area contributed by atoms with E-state index in [9.17, 15) is 5.11 Å². The number of fused-ring (bicyclic) bond motifs is 1. The van der Waals surface area contributed by atoms with Crippen molar-refractivity contribution in [1.29, 1.82) is 0 Å². The lowest BCUT2D eigenvalue weighted by atomic mass is 10.1. The average molecular weight is 251 g/mol. The summed E-state index contributed by atoms with van der Waals surface area (Å²) in [6.07, 6.45) is 0.371. The maximum absolute atomic E-state index is 9.33. The molecule has 0 saturated heterocycles. The minimum Gasteiger partial charge on any atom is -0.395 e. The molecular formula is C12H17N3OS. The van der Waals surface area contributed by atoms with Crippen molar-refractivity contribution < 1.29 is 5.11 Å². The number of nitrogens with zero attached hydrogens (tertiary/aromatic N) is 1. The van der Waals surface area contributed by atoms with Crippen LogP contribution in [0.3, 0.4) is 0 Å². The molecule has 2 rings (SSSR count). The van der Waals surface area contributed by atoms with Gasteiger partial charge in [-0.2, -0.15) is 0 Å². The fraction of sp³-hybridized carbons (Fsp3) is 0.417. The second kappa shape index (κ2) is 4.89. The van der Waals surface area contributed by atoms with Gasteiger partial charge in [-0.25, -0.2) is 4.98 Å². The van der Waals surface area contributed by atoms with Gasteiger partial charge in [0.05, 0.1) is 27.7 Å². The molecule has 0 spiro atoms. The summed E-state index contributed by atoms with van der Waals surface area (Å²) in [5.41, 5.74) is 10.3. The summed E-state index contributed by atoms with van der Waals surface area (Å²) in [5.74, 6) is 0. The van der Waals surface area contributed by atoms with E-state index in [0.717, 1.165) is 15.9 Å². The predicted octanol–water partition coefficient (Wildman–Crippen LogP) is 2.45. The summed E-state index contributed by atoms with van der Waals surface area (Å²) >= 11 is 1.58. The van der Waals surface area contributed by atoms with Crippen molar-refractivity contribution in [3.8, 4) is 0 Å². The largest absolute Gasteiger partial charge is 0.395 e. The minimum atomic E-state index is -0.318. The molecule has 4 nitrogen and oxygen atoms in total. The first-order chi connectivity index (χ1) is 8.08. The molecule has 17 heavy (non-hydrogen) atoms. The van der Waals surface area contributed by atoms with Crippen LogP contribution in [0, 0.1) is 0 Å². The van der Waals surface area contributed by atoms with Gasteiger partial charge in [-0.15, -0.1) is 11.3 Å². The van der Waals surface area contributed by atoms with E-state index >= 15 is 0 Å². The molecule has 2 unspecified atom stereocenters. The predicted molar refractivity (Wildman–Crippen MR) is 73.4 cm³/mol. The van der Waals surface area contributed by atoms with Gasteiger partial charge in [-0.3, -0.25) is 0 Å². The van der Waals surface area contributed by atoms with E-state index < -0.39 is 0 Å². The van der Waals surface area contributed by atoms with E-state index in [1.807, 2.05) is 19.1 Å². The average Bonchev–Trinajstić information content (AvgIpc) is 2.69. The summed E-state index contributed by atoms with van der Waals surface area (Å²) in [7, 11) is 0. The smallest absolute Gasteiger partial charge is 0.106 e. The van der Waals surface area contributed by atoms with Crippen LogP contribution in [0.25, 0.3) is 10.2 Å². The lowest BCUT2D eigenvalue weighted by molar-refractivity contribution is 0.179. The van der Waals surface area contributed by atoms with Gasteiger partial charge in [0.25, 0.3) is 0 Å². The number of nitrogens with two attached hydrogens (primary N) is 1. The molecule has 1 heterocycles. The minimum absolute atomic E-state index is 0.174. The summed E-state index contributed by atoms with van der Waals surface area (Å²) in [5, 5.41) is 12.6.